The average Bonchev–Trinajstić information content (AvgIpc) is 4.00. The van der Waals surface area contributed by atoms with Crippen LogP contribution < -0.4 is 0 Å². The van der Waals surface area contributed by atoms with Crippen molar-refractivity contribution in [3.8, 4) is 27.9 Å². The van der Waals surface area contributed by atoms with Crippen LogP contribution in [0.4, 0.5) is 0 Å². The molecule has 65 heavy (non-hydrogen) atoms. The highest BCUT2D eigenvalue weighted by Crippen LogP contribution is 2.59. The van der Waals surface area contributed by atoms with E-state index in [1.165, 1.54) is 110 Å². The molecule has 11 aromatic rings. The number of para-hydroxylation sites is 1. The molecule has 2 atom stereocenters. The number of allylic oxidation sites excluding steroid dienone is 8. The Labute approximate surface area is 377 Å². The summed E-state index contributed by atoms with van der Waals surface area (Å²) in [5.41, 5.74) is 17.0. The lowest BCUT2D eigenvalue weighted by Crippen LogP contribution is -2.28. The molecule has 2 heteroatoms. The van der Waals surface area contributed by atoms with E-state index in [1.54, 1.807) is 0 Å². The van der Waals surface area contributed by atoms with Crippen LogP contribution in [0.2, 0.25) is 0 Å². The number of rotatable bonds is 5. The van der Waals surface area contributed by atoms with Crippen LogP contribution in [0, 0.1) is 11.8 Å². The lowest BCUT2D eigenvalue weighted by Gasteiger charge is -2.33. The fraction of sp³-hybridized carbons (Fsp3) is 0.0476. The zero-order chi connectivity index (χ0) is 42.6. The largest absolute Gasteiger partial charge is 0.310 e. The van der Waals surface area contributed by atoms with E-state index in [0.29, 0.717) is 11.8 Å². The minimum Gasteiger partial charge on any atom is -0.310 e. The molecule has 3 aliphatic carbocycles. The van der Waals surface area contributed by atoms with E-state index in [4.69, 9.17) is 0 Å². The molecule has 0 bridgehead atoms. The quantitative estimate of drug-likeness (QED) is 0.164. The molecule has 0 spiro atoms. The van der Waals surface area contributed by atoms with Crippen molar-refractivity contribution in [3.05, 3.63) is 265 Å². The standard InChI is InChI=1S/C63H42N2/c1-3-20-46(21-4-1)63(47-22-5-2-6-23-47)55-27-13-11-26-52(55)61-56(63)35-34-51-54-40-45(32-37-60(54)65(62(51)61)57-29-15-19-42-17-9-10-24-49(42)57)44-31-36-59-53(39-44)50-25-12-14-28-58(50)64(59)48-33-30-41-16-7-8-18-43(41)38-48/h1-41,43H/t41-,43?/m0/s1. The summed E-state index contributed by atoms with van der Waals surface area (Å²) in [5, 5.41) is 7.48. The van der Waals surface area contributed by atoms with E-state index in [2.05, 4.69) is 252 Å². The molecular weight excluding hydrogens is 785 g/mol. The van der Waals surface area contributed by atoms with Gasteiger partial charge in [-0.2, -0.15) is 0 Å². The zero-order valence-electron chi connectivity index (χ0n) is 35.6. The van der Waals surface area contributed by atoms with Gasteiger partial charge in [0.1, 0.15) is 0 Å². The Balaban J connectivity index is 1.04. The smallest absolute Gasteiger partial charge is 0.0714 e. The van der Waals surface area contributed by atoms with Crippen LogP contribution in [0.15, 0.2) is 243 Å². The molecule has 0 amide bonds. The summed E-state index contributed by atoms with van der Waals surface area (Å²) in [6.45, 7) is 0. The molecule has 0 radical (unpaired) electrons. The predicted molar refractivity (Wildman–Crippen MR) is 273 cm³/mol. The zero-order valence-corrected chi connectivity index (χ0v) is 35.6. The normalized spacial score (nSPS) is 17.0. The number of hydrogen-bond acceptors (Lipinski definition) is 0. The Morgan fingerprint density at radius 2 is 1.02 bits per heavy atom. The highest BCUT2D eigenvalue weighted by Gasteiger charge is 2.47. The second kappa shape index (κ2) is 13.9. The summed E-state index contributed by atoms with van der Waals surface area (Å²) in [6, 6.07) is 74.9. The molecule has 0 fully saturated rings. The number of nitrogens with zero attached hydrogens (tertiary/aromatic N) is 2. The van der Waals surface area contributed by atoms with Crippen molar-refractivity contribution < 1.29 is 0 Å². The third-order valence-corrected chi connectivity index (χ3v) is 14.7. The molecule has 0 N–H and O–H groups in total. The van der Waals surface area contributed by atoms with Gasteiger partial charge in [0.15, 0.2) is 0 Å². The van der Waals surface area contributed by atoms with Gasteiger partial charge in [-0.25, -0.2) is 0 Å². The maximum Gasteiger partial charge on any atom is 0.0714 e. The van der Waals surface area contributed by atoms with Gasteiger partial charge in [-0.15, -0.1) is 0 Å². The van der Waals surface area contributed by atoms with Gasteiger partial charge in [0.2, 0.25) is 0 Å². The first kappa shape index (κ1) is 36.3. The summed E-state index contributed by atoms with van der Waals surface area (Å²) in [4.78, 5) is 0. The van der Waals surface area contributed by atoms with Crippen molar-refractivity contribution in [2.45, 2.75) is 5.41 Å². The van der Waals surface area contributed by atoms with Crippen molar-refractivity contribution in [2.75, 3.05) is 0 Å². The fourth-order valence-corrected chi connectivity index (χ4v) is 11.9. The summed E-state index contributed by atoms with van der Waals surface area (Å²) < 4.78 is 5.03. The Morgan fingerprint density at radius 3 is 1.80 bits per heavy atom. The molecule has 0 saturated carbocycles. The van der Waals surface area contributed by atoms with Crippen LogP contribution in [0.5, 0.6) is 0 Å². The summed E-state index contributed by atoms with van der Waals surface area (Å²) in [7, 11) is 0. The SMILES string of the molecule is C1=CC2C=C(n3c4ccccc4c4cc(-c5ccc6c(c5)c5ccc7c(c5n6-c5cccc6ccccc56)-c5ccccc5C7(c5ccccc5)c5ccccc5)ccc43)C=C[C@@H]2C=C1. The molecule has 304 valence electrons. The van der Waals surface area contributed by atoms with Gasteiger partial charge in [-0.05, 0) is 86.8 Å². The maximum atomic E-state index is 2.57. The second-order valence-corrected chi connectivity index (χ2v) is 17.9. The lowest BCUT2D eigenvalue weighted by atomic mass is 9.67. The number of aromatic nitrogens is 2. The Kier molecular flexibility index (Phi) is 7.76. The van der Waals surface area contributed by atoms with Gasteiger partial charge in [-0.3, -0.25) is 0 Å². The van der Waals surface area contributed by atoms with Crippen molar-refractivity contribution >= 4 is 60.1 Å². The van der Waals surface area contributed by atoms with Crippen molar-refractivity contribution in [1.82, 2.24) is 9.13 Å². The van der Waals surface area contributed by atoms with Crippen LogP contribution in [-0.2, 0) is 5.41 Å². The van der Waals surface area contributed by atoms with Gasteiger partial charge in [0.25, 0.3) is 0 Å². The van der Waals surface area contributed by atoms with Crippen LogP contribution >= 0.6 is 0 Å². The van der Waals surface area contributed by atoms with Gasteiger partial charge in [0, 0.05) is 50.0 Å². The molecule has 3 aliphatic rings. The number of hydrogen-bond donors (Lipinski definition) is 0. The summed E-state index contributed by atoms with van der Waals surface area (Å²) in [6.07, 6.45) is 16.1. The van der Waals surface area contributed by atoms with E-state index in [9.17, 15) is 0 Å². The van der Waals surface area contributed by atoms with Gasteiger partial charge >= 0.3 is 0 Å². The average molecular weight is 827 g/mol. The van der Waals surface area contributed by atoms with E-state index in [1.807, 2.05) is 0 Å². The molecular formula is C63H42N2. The molecule has 9 aromatic carbocycles. The highest BCUT2D eigenvalue weighted by molar-refractivity contribution is 6.18. The molecule has 2 heterocycles. The first-order valence-corrected chi connectivity index (χ1v) is 22.9. The second-order valence-electron chi connectivity index (χ2n) is 17.9. The molecule has 2 aromatic heterocycles. The lowest BCUT2D eigenvalue weighted by molar-refractivity contribution is 0.659. The molecule has 0 saturated heterocycles. The Hall–Kier alpha value is -8.20. The maximum absolute atomic E-state index is 2.57. The van der Waals surface area contributed by atoms with E-state index in [-0.39, 0.29) is 0 Å². The van der Waals surface area contributed by atoms with Crippen LogP contribution in [-0.4, -0.2) is 9.13 Å². The Morgan fingerprint density at radius 1 is 0.400 bits per heavy atom. The van der Waals surface area contributed by atoms with Crippen molar-refractivity contribution in [2.24, 2.45) is 11.8 Å². The molecule has 1 unspecified atom stereocenters. The van der Waals surface area contributed by atoms with Gasteiger partial charge < -0.3 is 9.13 Å². The van der Waals surface area contributed by atoms with E-state index >= 15 is 0 Å². The third kappa shape index (κ3) is 5.11. The summed E-state index contributed by atoms with van der Waals surface area (Å²) >= 11 is 0. The van der Waals surface area contributed by atoms with Crippen LogP contribution in [0.3, 0.4) is 0 Å². The van der Waals surface area contributed by atoms with Crippen LogP contribution in [0.1, 0.15) is 22.3 Å². The summed E-state index contributed by atoms with van der Waals surface area (Å²) in [5.74, 6) is 0.775. The predicted octanol–water partition coefficient (Wildman–Crippen LogP) is 15.8. The highest BCUT2D eigenvalue weighted by atomic mass is 15.0. The number of benzene rings is 9. The molecule has 2 nitrogen and oxygen atoms in total. The fourth-order valence-electron chi connectivity index (χ4n) is 11.9. The minimum absolute atomic E-state index is 0.362. The first-order valence-electron chi connectivity index (χ1n) is 22.9. The monoisotopic (exact) mass is 826 g/mol. The third-order valence-electron chi connectivity index (χ3n) is 14.7. The molecule has 14 rings (SSSR count). The van der Waals surface area contributed by atoms with Crippen molar-refractivity contribution in [3.63, 3.8) is 0 Å². The number of fused-ring (bicyclic) bond motifs is 12. The topological polar surface area (TPSA) is 9.86 Å². The van der Waals surface area contributed by atoms with Crippen molar-refractivity contribution in [1.29, 1.82) is 0 Å². The molecule has 0 aliphatic heterocycles. The van der Waals surface area contributed by atoms with E-state index in [0.717, 1.165) is 0 Å². The van der Waals surface area contributed by atoms with Gasteiger partial charge in [-0.1, -0.05) is 200 Å². The van der Waals surface area contributed by atoms with E-state index < -0.39 is 5.41 Å². The Bertz CT molecular complexity index is 3840. The van der Waals surface area contributed by atoms with Gasteiger partial charge in [0.05, 0.1) is 33.2 Å². The first-order chi connectivity index (χ1) is 32.3. The minimum atomic E-state index is -0.502. The van der Waals surface area contributed by atoms with Crippen LogP contribution in [0.25, 0.3) is 88.0 Å².